The lowest BCUT2D eigenvalue weighted by atomic mass is 9.70. The summed E-state index contributed by atoms with van der Waals surface area (Å²) in [6.45, 7) is 12.0. The Balaban J connectivity index is 2.69. The highest BCUT2D eigenvalue weighted by molar-refractivity contribution is 5.02. The van der Waals surface area contributed by atoms with Crippen molar-refractivity contribution in [1.29, 1.82) is 0 Å². The van der Waals surface area contributed by atoms with Crippen LogP contribution in [0.3, 0.4) is 0 Å². The van der Waals surface area contributed by atoms with Crippen molar-refractivity contribution in [2.75, 3.05) is 6.54 Å². The molecule has 0 saturated carbocycles. The molecule has 1 rings (SSSR count). The Hall–Kier alpha value is -0.300. The van der Waals surface area contributed by atoms with E-state index in [4.69, 9.17) is 0 Å². The molecule has 0 amide bonds. The van der Waals surface area contributed by atoms with Crippen LogP contribution in [0.2, 0.25) is 0 Å². The highest BCUT2D eigenvalue weighted by Crippen LogP contribution is 2.40. The Labute approximate surface area is 82.6 Å². The zero-order valence-electron chi connectivity index (χ0n) is 9.32. The van der Waals surface area contributed by atoms with Gasteiger partial charge in [-0.25, -0.2) is 0 Å². The lowest BCUT2D eigenvalue weighted by molar-refractivity contribution is 0.149. The van der Waals surface area contributed by atoms with Gasteiger partial charge in [-0.2, -0.15) is 0 Å². The van der Waals surface area contributed by atoms with Crippen LogP contribution in [0, 0.1) is 5.41 Å². The average molecular weight is 181 g/mol. The summed E-state index contributed by atoms with van der Waals surface area (Å²) in [5.74, 6) is 0. The van der Waals surface area contributed by atoms with E-state index in [0.717, 1.165) is 6.42 Å². The summed E-state index contributed by atoms with van der Waals surface area (Å²) in [4.78, 5) is 0. The predicted octanol–water partition coefficient (Wildman–Crippen LogP) is 3.12. The minimum atomic E-state index is 0.362. The molecule has 0 radical (unpaired) electrons. The van der Waals surface area contributed by atoms with Crippen LogP contribution in [0.4, 0.5) is 0 Å². The second-order valence-corrected chi connectivity index (χ2v) is 5.19. The molecule has 0 aliphatic carbocycles. The summed E-state index contributed by atoms with van der Waals surface area (Å²) in [7, 11) is 0. The summed E-state index contributed by atoms with van der Waals surface area (Å²) < 4.78 is 0. The molecule has 0 aromatic rings. The van der Waals surface area contributed by atoms with Gasteiger partial charge in [-0.05, 0) is 37.6 Å². The van der Waals surface area contributed by atoms with Crippen LogP contribution in [0.1, 0.15) is 46.5 Å². The van der Waals surface area contributed by atoms with Crippen molar-refractivity contribution < 1.29 is 0 Å². The molecular formula is C12H23N. The molecule has 1 atom stereocenters. The van der Waals surface area contributed by atoms with Gasteiger partial charge in [0.25, 0.3) is 0 Å². The minimum Gasteiger partial charge on any atom is -0.311 e. The van der Waals surface area contributed by atoms with Gasteiger partial charge in [0.2, 0.25) is 0 Å². The molecule has 1 unspecified atom stereocenters. The molecule has 1 aliphatic rings. The first kappa shape index (κ1) is 10.8. The van der Waals surface area contributed by atoms with Gasteiger partial charge in [0.05, 0.1) is 0 Å². The first-order chi connectivity index (χ1) is 6.02. The Morgan fingerprint density at radius 3 is 2.54 bits per heavy atom. The smallest absolute Gasteiger partial charge is 0.0233 e. The molecule has 1 heteroatoms. The van der Waals surface area contributed by atoms with Gasteiger partial charge < -0.3 is 5.32 Å². The van der Waals surface area contributed by atoms with Crippen molar-refractivity contribution in [2.24, 2.45) is 5.41 Å². The maximum Gasteiger partial charge on any atom is 0.0233 e. The van der Waals surface area contributed by atoms with E-state index >= 15 is 0 Å². The lowest BCUT2D eigenvalue weighted by Crippen LogP contribution is -2.50. The van der Waals surface area contributed by atoms with Gasteiger partial charge in [0.15, 0.2) is 0 Å². The molecular weight excluding hydrogens is 158 g/mol. The molecule has 13 heavy (non-hydrogen) atoms. The quantitative estimate of drug-likeness (QED) is 0.660. The van der Waals surface area contributed by atoms with Crippen molar-refractivity contribution in [3.05, 3.63) is 12.7 Å². The van der Waals surface area contributed by atoms with Crippen molar-refractivity contribution in [1.82, 2.24) is 5.32 Å². The third-order valence-corrected chi connectivity index (χ3v) is 3.45. The number of allylic oxidation sites excluding steroid dienone is 1. The zero-order chi connectivity index (χ0) is 9.95. The first-order valence-corrected chi connectivity index (χ1v) is 5.38. The largest absolute Gasteiger partial charge is 0.311 e. The Bertz CT molecular complexity index is 170. The van der Waals surface area contributed by atoms with Crippen molar-refractivity contribution in [3.63, 3.8) is 0 Å². The fourth-order valence-electron chi connectivity index (χ4n) is 2.38. The van der Waals surface area contributed by atoms with Crippen LogP contribution >= 0.6 is 0 Å². The summed E-state index contributed by atoms with van der Waals surface area (Å²) in [5, 5.41) is 3.70. The molecule has 0 bridgehead atoms. The summed E-state index contributed by atoms with van der Waals surface area (Å²) in [6.07, 6.45) is 7.05. The molecule has 1 N–H and O–H groups in total. The fourth-order valence-corrected chi connectivity index (χ4v) is 2.38. The normalized spacial score (nSPS) is 29.2. The number of hydrogen-bond acceptors (Lipinski definition) is 1. The van der Waals surface area contributed by atoms with Crippen LogP contribution in [-0.2, 0) is 0 Å². The summed E-state index contributed by atoms with van der Waals surface area (Å²) >= 11 is 0. The average Bonchev–Trinajstić information content (AvgIpc) is 2.48. The van der Waals surface area contributed by atoms with Gasteiger partial charge in [0, 0.05) is 5.54 Å². The Morgan fingerprint density at radius 2 is 2.15 bits per heavy atom. The maximum atomic E-state index is 3.81. The molecule has 1 saturated heterocycles. The first-order valence-electron chi connectivity index (χ1n) is 5.38. The Kier molecular flexibility index (Phi) is 3.18. The molecule has 0 aromatic carbocycles. The Morgan fingerprint density at radius 1 is 1.46 bits per heavy atom. The molecule has 1 fully saturated rings. The van der Waals surface area contributed by atoms with Crippen LogP contribution in [0.15, 0.2) is 12.7 Å². The van der Waals surface area contributed by atoms with Crippen LogP contribution in [0.25, 0.3) is 0 Å². The highest BCUT2D eigenvalue weighted by Gasteiger charge is 2.42. The topological polar surface area (TPSA) is 12.0 Å². The second kappa shape index (κ2) is 3.83. The fraction of sp³-hybridized carbons (Fsp3) is 0.833. The maximum absolute atomic E-state index is 3.81. The monoisotopic (exact) mass is 181 g/mol. The number of nitrogens with one attached hydrogen (secondary N) is 1. The number of rotatable bonds is 3. The van der Waals surface area contributed by atoms with Crippen molar-refractivity contribution >= 4 is 0 Å². The molecule has 0 aromatic heterocycles. The van der Waals surface area contributed by atoms with E-state index in [0.29, 0.717) is 11.0 Å². The van der Waals surface area contributed by atoms with Crippen LogP contribution in [0.5, 0.6) is 0 Å². The third-order valence-electron chi connectivity index (χ3n) is 3.45. The van der Waals surface area contributed by atoms with E-state index in [2.05, 4.69) is 32.7 Å². The van der Waals surface area contributed by atoms with Gasteiger partial charge in [-0.1, -0.05) is 26.8 Å². The second-order valence-electron chi connectivity index (χ2n) is 5.19. The third kappa shape index (κ3) is 2.14. The zero-order valence-corrected chi connectivity index (χ0v) is 9.32. The standard InChI is InChI=1S/C12H23N/c1-5-6-8-12(11(2,3)4)9-7-10-13-12/h5,13H,1,6-10H2,2-4H3. The van der Waals surface area contributed by atoms with Gasteiger partial charge in [0.1, 0.15) is 0 Å². The summed E-state index contributed by atoms with van der Waals surface area (Å²) in [6, 6.07) is 0. The van der Waals surface area contributed by atoms with Gasteiger partial charge >= 0.3 is 0 Å². The summed E-state index contributed by atoms with van der Waals surface area (Å²) in [5.41, 5.74) is 0.730. The van der Waals surface area contributed by atoms with E-state index in [-0.39, 0.29) is 0 Å². The van der Waals surface area contributed by atoms with E-state index in [1.165, 1.54) is 25.8 Å². The van der Waals surface area contributed by atoms with Gasteiger partial charge in [-0.3, -0.25) is 0 Å². The highest BCUT2D eigenvalue weighted by atomic mass is 15.0. The molecule has 1 heterocycles. The molecule has 0 spiro atoms. The number of hydrogen-bond donors (Lipinski definition) is 1. The van der Waals surface area contributed by atoms with Crippen LogP contribution in [-0.4, -0.2) is 12.1 Å². The predicted molar refractivity (Wildman–Crippen MR) is 58.9 cm³/mol. The van der Waals surface area contributed by atoms with Crippen LogP contribution < -0.4 is 5.32 Å². The molecule has 76 valence electrons. The van der Waals surface area contributed by atoms with Gasteiger partial charge in [-0.15, -0.1) is 6.58 Å². The van der Waals surface area contributed by atoms with Crippen molar-refractivity contribution in [2.45, 2.75) is 52.0 Å². The minimum absolute atomic E-state index is 0.362. The van der Waals surface area contributed by atoms with E-state index in [1.54, 1.807) is 0 Å². The SMILES string of the molecule is C=CCCC1(C(C)(C)C)CCCN1. The molecule has 1 aliphatic heterocycles. The van der Waals surface area contributed by atoms with E-state index in [1.807, 2.05) is 6.08 Å². The lowest BCUT2D eigenvalue weighted by Gasteiger charge is -2.42. The van der Waals surface area contributed by atoms with Crippen molar-refractivity contribution in [3.8, 4) is 0 Å². The van der Waals surface area contributed by atoms with E-state index in [9.17, 15) is 0 Å². The van der Waals surface area contributed by atoms with E-state index < -0.39 is 0 Å². The molecule has 1 nitrogen and oxygen atoms in total.